The van der Waals surface area contributed by atoms with Crippen LogP contribution in [0.3, 0.4) is 0 Å². The van der Waals surface area contributed by atoms with Crippen LogP contribution >= 0.6 is 0 Å². The second-order valence-corrected chi connectivity index (χ2v) is 10.4. The van der Waals surface area contributed by atoms with E-state index in [-0.39, 0.29) is 11.9 Å². The number of aromatic hydroxyl groups is 1. The fraction of sp³-hybridized carbons (Fsp3) is 0.467. The summed E-state index contributed by atoms with van der Waals surface area (Å²) in [7, 11) is 0. The van der Waals surface area contributed by atoms with Crippen LogP contribution in [0, 0.1) is 5.92 Å². The van der Waals surface area contributed by atoms with Gasteiger partial charge in [-0.1, -0.05) is 31.2 Å². The second kappa shape index (κ2) is 10.9. The Bertz CT molecular complexity index is 1110. The summed E-state index contributed by atoms with van der Waals surface area (Å²) < 4.78 is 6.05. The number of rotatable bonds is 7. The zero-order valence-electron chi connectivity index (χ0n) is 20.8. The number of anilines is 1. The van der Waals surface area contributed by atoms with E-state index in [0.29, 0.717) is 0 Å². The highest BCUT2D eigenvalue weighted by molar-refractivity contribution is 5.91. The normalized spacial score (nSPS) is 18.3. The van der Waals surface area contributed by atoms with Gasteiger partial charge < -0.3 is 19.8 Å². The molecule has 0 unspecified atom stereocenters. The number of likely N-dealkylation sites (tertiary alicyclic amines) is 1. The monoisotopic (exact) mass is 474 g/mol. The van der Waals surface area contributed by atoms with Gasteiger partial charge in [0.25, 0.3) is 0 Å². The quantitative estimate of drug-likeness (QED) is 0.492. The third-order valence-corrected chi connectivity index (χ3v) is 7.75. The topological polar surface area (TPSA) is 56.2 Å². The number of piperidine rings is 2. The lowest BCUT2D eigenvalue weighted by atomic mass is 9.94. The molecule has 0 spiro atoms. The Morgan fingerprint density at radius 2 is 1.63 bits per heavy atom. The van der Waals surface area contributed by atoms with Crippen LogP contribution in [0.25, 0.3) is 10.8 Å². The van der Waals surface area contributed by atoms with Crippen molar-refractivity contribution in [3.63, 3.8) is 0 Å². The molecule has 2 aliphatic heterocycles. The first-order valence-electron chi connectivity index (χ1n) is 13.2. The molecule has 3 aromatic carbocycles. The predicted octanol–water partition coefficient (Wildman–Crippen LogP) is 5.21. The maximum absolute atomic E-state index is 10.00. The molecule has 0 atom stereocenters. The van der Waals surface area contributed by atoms with Crippen LogP contribution in [-0.2, 0) is 6.42 Å². The number of hydrogen-bond donors (Lipinski definition) is 2. The molecule has 0 amide bonds. The minimum Gasteiger partial charge on any atom is -0.508 e. The summed E-state index contributed by atoms with van der Waals surface area (Å²) >= 11 is 0. The maximum atomic E-state index is 10.00. The van der Waals surface area contributed by atoms with E-state index in [9.17, 15) is 10.2 Å². The number of ether oxygens (including phenoxy) is 1. The number of fused-ring (bicyclic) bond motifs is 1. The van der Waals surface area contributed by atoms with Gasteiger partial charge in [0.15, 0.2) is 0 Å². The molecule has 186 valence electrons. The van der Waals surface area contributed by atoms with Gasteiger partial charge in [0.2, 0.25) is 0 Å². The first kappa shape index (κ1) is 24.0. The molecular weight excluding hydrogens is 436 g/mol. The summed E-state index contributed by atoms with van der Waals surface area (Å²) in [6.45, 7) is 8.16. The van der Waals surface area contributed by atoms with Crippen molar-refractivity contribution in [3.8, 4) is 11.5 Å². The van der Waals surface area contributed by atoms with Crippen LogP contribution in [0.15, 0.2) is 54.6 Å². The van der Waals surface area contributed by atoms with Gasteiger partial charge in [-0.3, -0.25) is 4.90 Å². The van der Waals surface area contributed by atoms with E-state index in [2.05, 4.69) is 53.1 Å². The summed E-state index contributed by atoms with van der Waals surface area (Å²) in [6, 6.07) is 18.4. The van der Waals surface area contributed by atoms with Gasteiger partial charge in [0.05, 0.1) is 6.10 Å². The number of phenols is 1. The lowest BCUT2D eigenvalue weighted by molar-refractivity contribution is 0.145. The van der Waals surface area contributed by atoms with Crippen molar-refractivity contribution >= 4 is 16.5 Å². The van der Waals surface area contributed by atoms with Gasteiger partial charge >= 0.3 is 0 Å². The number of hydrogen-bond acceptors (Lipinski definition) is 5. The summed E-state index contributed by atoms with van der Waals surface area (Å²) in [5, 5.41) is 22.2. The van der Waals surface area contributed by atoms with E-state index < -0.39 is 0 Å². The first-order valence-corrected chi connectivity index (χ1v) is 13.2. The van der Waals surface area contributed by atoms with Crippen molar-refractivity contribution in [2.75, 3.05) is 44.2 Å². The Kier molecular flexibility index (Phi) is 7.45. The minimum absolute atomic E-state index is 0.196. The van der Waals surface area contributed by atoms with Gasteiger partial charge in [-0.2, -0.15) is 0 Å². The fourth-order valence-corrected chi connectivity index (χ4v) is 5.44. The molecular formula is C30H38N2O3. The molecule has 0 aliphatic carbocycles. The second-order valence-electron chi connectivity index (χ2n) is 10.4. The number of phenolic OH excluding ortho intramolecular Hbond substituents is 1. The molecule has 2 fully saturated rings. The third kappa shape index (κ3) is 5.91. The van der Waals surface area contributed by atoms with Crippen LogP contribution in [-0.4, -0.2) is 60.5 Å². The lowest BCUT2D eigenvalue weighted by Gasteiger charge is -2.33. The summed E-state index contributed by atoms with van der Waals surface area (Å²) in [5.74, 6) is 2.07. The maximum Gasteiger partial charge on any atom is 0.119 e. The zero-order chi connectivity index (χ0) is 24.2. The van der Waals surface area contributed by atoms with E-state index >= 15 is 0 Å². The van der Waals surface area contributed by atoms with Gasteiger partial charge in [0, 0.05) is 31.7 Å². The highest BCUT2D eigenvalue weighted by atomic mass is 16.5. The SMILES string of the molecule is CC1CCN(CCOc2ccc(Cc3c(N4CCC(O)CC4)ccc4cc(O)ccc34)cc2)CC1. The van der Waals surface area contributed by atoms with Crippen molar-refractivity contribution in [2.24, 2.45) is 5.92 Å². The predicted molar refractivity (Wildman–Crippen MR) is 143 cm³/mol. The van der Waals surface area contributed by atoms with Crippen LogP contribution in [0.1, 0.15) is 43.7 Å². The van der Waals surface area contributed by atoms with Crippen LogP contribution in [0.5, 0.6) is 11.5 Å². The number of aliphatic hydroxyl groups is 1. The molecule has 2 aliphatic rings. The molecule has 0 aromatic heterocycles. The molecule has 5 rings (SSSR count). The van der Waals surface area contributed by atoms with Crippen LogP contribution < -0.4 is 9.64 Å². The number of nitrogens with zero attached hydrogens (tertiary/aromatic N) is 2. The summed E-state index contributed by atoms with van der Waals surface area (Å²) in [4.78, 5) is 4.90. The molecule has 5 nitrogen and oxygen atoms in total. The van der Waals surface area contributed by atoms with Crippen molar-refractivity contribution in [1.82, 2.24) is 4.90 Å². The van der Waals surface area contributed by atoms with E-state index in [1.807, 2.05) is 12.1 Å². The molecule has 0 bridgehead atoms. The molecule has 2 N–H and O–H groups in total. The van der Waals surface area contributed by atoms with Crippen LogP contribution in [0.2, 0.25) is 0 Å². The van der Waals surface area contributed by atoms with Crippen molar-refractivity contribution in [1.29, 1.82) is 0 Å². The molecule has 0 radical (unpaired) electrons. The molecule has 5 heteroatoms. The Balaban J connectivity index is 1.29. The fourth-order valence-electron chi connectivity index (χ4n) is 5.44. The van der Waals surface area contributed by atoms with Crippen molar-refractivity contribution < 1.29 is 14.9 Å². The van der Waals surface area contributed by atoms with Crippen molar-refractivity contribution in [3.05, 3.63) is 65.7 Å². The number of aliphatic hydroxyl groups excluding tert-OH is 1. The summed E-state index contributed by atoms with van der Waals surface area (Å²) in [5.41, 5.74) is 3.74. The van der Waals surface area contributed by atoms with E-state index in [4.69, 9.17) is 4.74 Å². The van der Waals surface area contributed by atoms with Gasteiger partial charge in [-0.25, -0.2) is 0 Å². The van der Waals surface area contributed by atoms with Gasteiger partial charge in [-0.15, -0.1) is 0 Å². The van der Waals surface area contributed by atoms with E-state index in [1.165, 1.54) is 48.1 Å². The molecule has 35 heavy (non-hydrogen) atoms. The summed E-state index contributed by atoms with van der Waals surface area (Å²) in [6.07, 6.45) is 4.80. The Labute approximate surface area is 208 Å². The molecule has 2 saturated heterocycles. The largest absolute Gasteiger partial charge is 0.508 e. The van der Waals surface area contributed by atoms with E-state index in [0.717, 1.165) is 62.6 Å². The Hall–Kier alpha value is -2.76. The zero-order valence-corrected chi connectivity index (χ0v) is 20.8. The van der Waals surface area contributed by atoms with Crippen molar-refractivity contribution in [2.45, 2.75) is 45.1 Å². The highest BCUT2D eigenvalue weighted by Gasteiger charge is 2.21. The standard InChI is InChI=1S/C30H38N2O3/c1-22-10-14-31(15-11-22)18-19-35-27-6-2-23(3-7-27)20-29-28-8-5-26(34)21-24(28)4-9-30(29)32-16-12-25(33)13-17-32/h2-9,21-22,25,33-34H,10-20H2,1H3. The number of benzene rings is 3. The lowest BCUT2D eigenvalue weighted by Crippen LogP contribution is -2.36. The molecule has 0 saturated carbocycles. The first-order chi connectivity index (χ1) is 17.0. The molecule has 2 heterocycles. The van der Waals surface area contributed by atoms with Crippen LogP contribution in [0.4, 0.5) is 5.69 Å². The van der Waals surface area contributed by atoms with Gasteiger partial charge in [-0.05, 0) is 96.9 Å². The Morgan fingerprint density at radius 1 is 0.886 bits per heavy atom. The third-order valence-electron chi connectivity index (χ3n) is 7.75. The van der Waals surface area contributed by atoms with Gasteiger partial charge in [0.1, 0.15) is 18.1 Å². The molecule has 3 aromatic rings. The Morgan fingerprint density at radius 3 is 2.37 bits per heavy atom. The minimum atomic E-state index is -0.196. The average molecular weight is 475 g/mol. The average Bonchev–Trinajstić information content (AvgIpc) is 2.87. The highest BCUT2D eigenvalue weighted by Crippen LogP contribution is 2.34. The van der Waals surface area contributed by atoms with E-state index in [1.54, 1.807) is 6.07 Å². The smallest absolute Gasteiger partial charge is 0.119 e.